The number of methoxy groups -OCH3 is 1. The van der Waals surface area contributed by atoms with Crippen LogP contribution in [0.15, 0.2) is 35.7 Å². The first-order valence-electron chi connectivity index (χ1n) is 9.30. The molecule has 8 nitrogen and oxygen atoms in total. The summed E-state index contributed by atoms with van der Waals surface area (Å²) in [4.78, 5) is 43.7. The van der Waals surface area contributed by atoms with E-state index in [0.717, 1.165) is 16.6 Å². The fourth-order valence-corrected chi connectivity index (χ4v) is 4.86. The van der Waals surface area contributed by atoms with Crippen LogP contribution in [0.3, 0.4) is 0 Å². The second-order valence-electron chi connectivity index (χ2n) is 6.64. The van der Waals surface area contributed by atoms with Crippen LogP contribution in [0.2, 0.25) is 0 Å². The van der Waals surface area contributed by atoms with Gasteiger partial charge in [-0.15, -0.1) is 11.3 Å². The second kappa shape index (κ2) is 8.80. The minimum Gasteiger partial charge on any atom is -0.497 e. The Labute approximate surface area is 180 Å². The van der Waals surface area contributed by atoms with Crippen LogP contribution < -0.4 is 10.1 Å². The minimum atomic E-state index is -0.665. The number of carbonyl (C=O) groups is 3. The average molecular weight is 446 g/mol. The molecule has 2 aromatic heterocycles. The predicted molar refractivity (Wildman–Crippen MR) is 114 cm³/mol. The van der Waals surface area contributed by atoms with Gasteiger partial charge in [0, 0.05) is 6.54 Å². The predicted octanol–water partition coefficient (Wildman–Crippen LogP) is 3.15. The molecular formula is C20H19N3O5S2. The monoisotopic (exact) mass is 445 g/mol. The van der Waals surface area contributed by atoms with Gasteiger partial charge < -0.3 is 14.4 Å². The van der Waals surface area contributed by atoms with Gasteiger partial charge in [-0.25, -0.2) is 9.78 Å². The maximum absolute atomic E-state index is 12.6. The van der Waals surface area contributed by atoms with Gasteiger partial charge in [0.1, 0.15) is 11.8 Å². The lowest BCUT2D eigenvalue weighted by Gasteiger charge is -2.22. The Morgan fingerprint density at radius 1 is 1.30 bits per heavy atom. The molecule has 3 heterocycles. The number of likely N-dealkylation sites (tertiary alicyclic amines) is 1. The lowest BCUT2D eigenvalue weighted by Crippen LogP contribution is -2.41. The molecule has 156 valence electrons. The van der Waals surface area contributed by atoms with Gasteiger partial charge in [-0.05, 0) is 42.5 Å². The topological polar surface area (TPSA) is 97.8 Å². The van der Waals surface area contributed by atoms with Gasteiger partial charge in [0.25, 0.3) is 11.8 Å². The van der Waals surface area contributed by atoms with Gasteiger partial charge in [-0.1, -0.05) is 17.4 Å². The number of thiophene rings is 1. The zero-order valence-electron chi connectivity index (χ0n) is 16.1. The molecule has 0 bridgehead atoms. The highest BCUT2D eigenvalue weighted by molar-refractivity contribution is 7.22. The van der Waals surface area contributed by atoms with Crippen molar-refractivity contribution in [1.82, 2.24) is 9.88 Å². The number of hydrogen-bond acceptors (Lipinski definition) is 8. The van der Waals surface area contributed by atoms with E-state index in [1.807, 2.05) is 11.4 Å². The standard InChI is InChI=1S/C20H19N3O5S2/c1-27-12-6-7-13-16(10-12)30-20(21-13)22-17(24)11-28-19(26)14-4-2-8-23(14)18(25)15-5-3-9-29-15/h3,5-7,9-10,14H,2,4,8,11H2,1H3,(H,21,22,24). The lowest BCUT2D eigenvalue weighted by atomic mass is 10.2. The zero-order valence-corrected chi connectivity index (χ0v) is 17.8. The molecule has 2 amide bonds. The van der Waals surface area contributed by atoms with Crippen LogP contribution in [-0.4, -0.2) is 54.0 Å². The largest absolute Gasteiger partial charge is 0.497 e. The van der Waals surface area contributed by atoms with Gasteiger partial charge in [0.05, 0.1) is 22.2 Å². The molecule has 0 spiro atoms. The first-order valence-corrected chi connectivity index (χ1v) is 11.0. The summed E-state index contributed by atoms with van der Waals surface area (Å²) in [5.41, 5.74) is 0.738. The second-order valence-corrected chi connectivity index (χ2v) is 8.62. The summed E-state index contributed by atoms with van der Waals surface area (Å²) in [5.74, 6) is -0.528. The fourth-order valence-electron chi connectivity index (χ4n) is 3.27. The van der Waals surface area contributed by atoms with E-state index in [1.54, 1.807) is 31.4 Å². The van der Waals surface area contributed by atoms with Crippen molar-refractivity contribution in [2.75, 3.05) is 25.6 Å². The smallest absolute Gasteiger partial charge is 0.329 e. The highest BCUT2D eigenvalue weighted by Gasteiger charge is 2.36. The summed E-state index contributed by atoms with van der Waals surface area (Å²) >= 11 is 2.64. The van der Waals surface area contributed by atoms with Gasteiger partial charge in [-0.3, -0.25) is 14.9 Å². The Kier molecular flexibility index (Phi) is 5.96. The van der Waals surface area contributed by atoms with Crippen LogP contribution in [0.25, 0.3) is 10.2 Å². The number of rotatable bonds is 6. The number of nitrogens with zero attached hydrogens (tertiary/aromatic N) is 2. The number of esters is 1. The number of ether oxygens (including phenoxy) is 2. The molecular weight excluding hydrogens is 426 g/mol. The summed E-state index contributed by atoms with van der Waals surface area (Å²) in [6, 6.07) is 8.29. The quantitative estimate of drug-likeness (QED) is 0.586. The molecule has 0 saturated carbocycles. The molecule has 1 atom stereocenters. The minimum absolute atomic E-state index is 0.182. The van der Waals surface area contributed by atoms with E-state index in [2.05, 4.69) is 10.3 Å². The third kappa shape index (κ3) is 4.29. The Morgan fingerprint density at radius 3 is 2.93 bits per heavy atom. The Bertz CT molecular complexity index is 1080. The highest BCUT2D eigenvalue weighted by atomic mass is 32.1. The molecule has 1 fully saturated rings. The number of amides is 2. The van der Waals surface area contributed by atoms with Crippen LogP contribution in [0.1, 0.15) is 22.5 Å². The van der Waals surface area contributed by atoms with Crippen LogP contribution in [-0.2, 0) is 14.3 Å². The zero-order chi connectivity index (χ0) is 21.1. The maximum Gasteiger partial charge on any atom is 0.329 e. The Balaban J connectivity index is 1.33. The average Bonchev–Trinajstić information content (AvgIpc) is 3.50. The van der Waals surface area contributed by atoms with Gasteiger partial charge in [0.15, 0.2) is 11.7 Å². The molecule has 1 aliphatic heterocycles. The number of hydrogen-bond donors (Lipinski definition) is 1. The molecule has 1 saturated heterocycles. The number of nitrogens with one attached hydrogen (secondary N) is 1. The lowest BCUT2D eigenvalue weighted by molar-refractivity contribution is -0.151. The number of fused-ring (bicyclic) bond motifs is 1. The van der Waals surface area contributed by atoms with Crippen LogP contribution in [0, 0.1) is 0 Å². The fraction of sp³-hybridized carbons (Fsp3) is 0.300. The van der Waals surface area contributed by atoms with E-state index in [-0.39, 0.29) is 5.91 Å². The SMILES string of the molecule is COc1ccc2nc(NC(=O)COC(=O)C3CCCN3C(=O)c3cccs3)sc2c1. The molecule has 4 rings (SSSR count). The molecule has 1 unspecified atom stereocenters. The summed E-state index contributed by atoms with van der Waals surface area (Å²) in [5, 5.41) is 4.87. The molecule has 1 aromatic carbocycles. The van der Waals surface area contributed by atoms with Crippen molar-refractivity contribution < 1.29 is 23.9 Å². The summed E-state index contributed by atoms with van der Waals surface area (Å²) < 4.78 is 11.2. The molecule has 3 aromatic rings. The molecule has 0 aliphatic carbocycles. The van der Waals surface area contributed by atoms with E-state index in [1.165, 1.54) is 27.6 Å². The van der Waals surface area contributed by atoms with Crippen LogP contribution in [0.5, 0.6) is 5.75 Å². The van der Waals surface area contributed by atoms with Gasteiger partial charge in [0.2, 0.25) is 0 Å². The van der Waals surface area contributed by atoms with Crippen LogP contribution in [0.4, 0.5) is 5.13 Å². The first-order chi connectivity index (χ1) is 14.5. The maximum atomic E-state index is 12.6. The van der Waals surface area contributed by atoms with E-state index in [4.69, 9.17) is 9.47 Å². The molecule has 1 aliphatic rings. The third-order valence-corrected chi connectivity index (χ3v) is 6.50. The first kappa shape index (κ1) is 20.3. The van der Waals surface area contributed by atoms with Crippen molar-refractivity contribution in [3.05, 3.63) is 40.6 Å². The van der Waals surface area contributed by atoms with Crippen molar-refractivity contribution in [3.63, 3.8) is 0 Å². The van der Waals surface area contributed by atoms with E-state index in [9.17, 15) is 14.4 Å². The molecule has 30 heavy (non-hydrogen) atoms. The van der Waals surface area contributed by atoms with Gasteiger partial charge in [-0.2, -0.15) is 0 Å². The molecule has 1 N–H and O–H groups in total. The Morgan fingerprint density at radius 2 is 2.17 bits per heavy atom. The Hall–Kier alpha value is -2.98. The summed E-state index contributed by atoms with van der Waals surface area (Å²) in [6.07, 6.45) is 1.25. The molecule has 10 heteroatoms. The number of benzene rings is 1. The van der Waals surface area contributed by atoms with E-state index in [0.29, 0.717) is 28.7 Å². The third-order valence-electron chi connectivity index (χ3n) is 4.71. The highest BCUT2D eigenvalue weighted by Crippen LogP contribution is 2.29. The van der Waals surface area contributed by atoms with Gasteiger partial charge >= 0.3 is 5.97 Å². The number of thiazole rings is 1. The normalized spacial score (nSPS) is 15.9. The van der Waals surface area contributed by atoms with Crippen molar-refractivity contribution in [2.24, 2.45) is 0 Å². The number of carbonyl (C=O) groups excluding carboxylic acids is 3. The summed E-state index contributed by atoms with van der Waals surface area (Å²) in [7, 11) is 1.58. The molecule has 0 radical (unpaired) electrons. The van der Waals surface area contributed by atoms with Crippen molar-refractivity contribution >= 4 is 55.8 Å². The van der Waals surface area contributed by atoms with E-state index < -0.39 is 24.5 Å². The van der Waals surface area contributed by atoms with E-state index >= 15 is 0 Å². The van der Waals surface area contributed by atoms with Crippen LogP contribution >= 0.6 is 22.7 Å². The van der Waals surface area contributed by atoms with Crippen molar-refractivity contribution in [1.29, 1.82) is 0 Å². The summed E-state index contributed by atoms with van der Waals surface area (Å²) in [6.45, 7) is 0.0630. The number of anilines is 1. The number of aromatic nitrogens is 1. The van der Waals surface area contributed by atoms with Crippen molar-refractivity contribution in [3.8, 4) is 5.75 Å². The van der Waals surface area contributed by atoms with Crippen molar-refractivity contribution in [2.45, 2.75) is 18.9 Å².